The molecule has 7 heteroatoms. The number of sulfonamides is 1. The van der Waals surface area contributed by atoms with E-state index in [0.29, 0.717) is 4.90 Å². The maximum absolute atomic E-state index is 12.5. The van der Waals surface area contributed by atoms with E-state index in [-0.39, 0.29) is 12.6 Å². The Labute approximate surface area is 125 Å². The van der Waals surface area contributed by atoms with E-state index in [2.05, 4.69) is 15.5 Å². The SMILES string of the molecule is CNC(C)c1ccc(S(=O)(=O)N(C)Cc2cn[nH]c2)cc1. The van der Waals surface area contributed by atoms with E-state index in [0.717, 1.165) is 11.1 Å². The normalized spacial score (nSPS) is 13.5. The smallest absolute Gasteiger partial charge is 0.243 e. The Kier molecular flexibility index (Phi) is 4.76. The van der Waals surface area contributed by atoms with Crippen molar-refractivity contribution in [1.29, 1.82) is 0 Å². The molecule has 0 saturated carbocycles. The van der Waals surface area contributed by atoms with Gasteiger partial charge in [-0.15, -0.1) is 0 Å². The third kappa shape index (κ3) is 3.49. The summed E-state index contributed by atoms with van der Waals surface area (Å²) in [5.41, 5.74) is 1.87. The molecule has 21 heavy (non-hydrogen) atoms. The van der Waals surface area contributed by atoms with E-state index >= 15 is 0 Å². The Morgan fingerprint density at radius 1 is 1.33 bits per heavy atom. The van der Waals surface area contributed by atoms with E-state index in [1.165, 1.54) is 4.31 Å². The molecule has 2 aromatic rings. The van der Waals surface area contributed by atoms with E-state index < -0.39 is 10.0 Å². The molecule has 1 heterocycles. The fourth-order valence-corrected chi connectivity index (χ4v) is 3.14. The zero-order chi connectivity index (χ0) is 15.5. The third-order valence-electron chi connectivity index (χ3n) is 3.48. The maximum Gasteiger partial charge on any atom is 0.243 e. The minimum Gasteiger partial charge on any atom is -0.313 e. The first-order valence-electron chi connectivity index (χ1n) is 6.66. The highest BCUT2D eigenvalue weighted by molar-refractivity contribution is 7.89. The van der Waals surface area contributed by atoms with Crippen molar-refractivity contribution in [3.8, 4) is 0 Å². The van der Waals surface area contributed by atoms with Gasteiger partial charge in [-0.3, -0.25) is 5.10 Å². The monoisotopic (exact) mass is 308 g/mol. The lowest BCUT2D eigenvalue weighted by Crippen LogP contribution is -2.26. The minimum absolute atomic E-state index is 0.186. The van der Waals surface area contributed by atoms with E-state index in [1.807, 2.05) is 26.1 Å². The second-order valence-corrected chi connectivity index (χ2v) is 6.99. The lowest BCUT2D eigenvalue weighted by atomic mass is 10.1. The van der Waals surface area contributed by atoms with E-state index in [4.69, 9.17) is 0 Å². The number of H-pyrrole nitrogens is 1. The van der Waals surface area contributed by atoms with Gasteiger partial charge in [-0.1, -0.05) is 12.1 Å². The molecule has 6 nitrogen and oxygen atoms in total. The molecule has 0 aliphatic heterocycles. The van der Waals surface area contributed by atoms with Crippen LogP contribution in [0.25, 0.3) is 0 Å². The first kappa shape index (κ1) is 15.7. The molecule has 0 amide bonds. The van der Waals surface area contributed by atoms with E-state index in [9.17, 15) is 8.42 Å². The second kappa shape index (κ2) is 6.38. The summed E-state index contributed by atoms with van der Waals surface area (Å²) in [6.07, 6.45) is 3.30. The summed E-state index contributed by atoms with van der Waals surface area (Å²) in [6, 6.07) is 7.14. The van der Waals surface area contributed by atoms with Gasteiger partial charge >= 0.3 is 0 Å². The molecule has 0 aliphatic rings. The van der Waals surface area contributed by atoms with Gasteiger partial charge < -0.3 is 5.32 Å². The molecule has 2 rings (SSSR count). The number of hydrogen-bond acceptors (Lipinski definition) is 4. The van der Waals surface area contributed by atoms with Crippen molar-refractivity contribution in [2.45, 2.75) is 24.4 Å². The number of nitrogens with zero attached hydrogens (tertiary/aromatic N) is 2. The number of rotatable bonds is 6. The van der Waals surface area contributed by atoms with Crippen LogP contribution >= 0.6 is 0 Å². The molecule has 1 aromatic carbocycles. The lowest BCUT2D eigenvalue weighted by molar-refractivity contribution is 0.466. The first-order chi connectivity index (χ1) is 9.95. The average molecular weight is 308 g/mol. The van der Waals surface area contributed by atoms with Crippen LogP contribution in [0.5, 0.6) is 0 Å². The highest BCUT2D eigenvalue weighted by Gasteiger charge is 2.21. The predicted molar refractivity (Wildman–Crippen MR) is 81.2 cm³/mol. The number of aromatic amines is 1. The molecule has 0 saturated heterocycles. The van der Waals surface area contributed by atoms with Crippen molar-refractivity contribution in [3.05, 3.63) is 47.8 Å². The molecule has 0 fully saturated rings. The van der Waals surface area contributed by atoms with E-state index in [1.54, 1.807) is 31.6 Å². The summed E-state index contributed by atoms with van der Waals surface area (Å²) in [5.74, 6) is 0. The Morgan fingerprint density at radius 2 is 2.00 bits per heavy atom. The molecule has 0 spiro atoms. The Balaban J connectivity index is 2.18. The molecular weight excluding hydrogens is 288 g/mol. The molecule has 0 bridgehead atoms. The molecule has 0 aliphatic carbocycles. The highest BCUT2D eigenvalue weighted by Crippen LogP contribution is 2.19. The predicted octanol–water partition coefficient (Wildman–Crippen LogP) is 1.51. The zero-order valence-electron chi connectivity index (χ0n) is 12.4. The molecule has 2 N–H and O–H groups in total. The maximum atomic E-state index is 12.5. The average Bonchev–Trinajstić information content (AvgIpc) is 2.99. The van der Waals surface area contributed by atoms with Crippen LogP contribution in [0, 0.1) is 0 Å². The van der Waals surface area contributed by atoms with Crippen molar-refractivity contribution in [3.63, 3.8) is 0 Å². The molecular formula is C14H20N4O2S. The van der Waals surface area contributed by atoms with Gasteiger partial charge in [0.05, 0.1) is 11.1 Å². The van der Waals surface area contributed by atoms with Gasteiger partial charge in [0.25, 0.3) is 0 Å². The Morgan fingerprint density at radius 3 is 2.52 bits per heavy atom. The third-order valence-corrected chi connectivity index (χ3v) is 5.30. The van der Waals surface area contributed by atoms with Gasteiger partial charge in [0.1, 0.15) is 0 Å². The van der Waals surface area contributed by atoms with Gasteiger partial charge in [-0.05, 0) is 31.7 Å². The van der Waals surface area contributed by atoms with Crippen molar-refractivity contribution >= 4 is 10.0 Å². The first-order valence-corrected chi connectivity index (χ1v) is 8.10. The highest BCUT2D eigenvalue weighted by atomic mass is 32.2. The topological polar surface area (TPSA) is 78.1 Å². The van der Waals surface area contributed by atoms with Crippen LogP contribution < -0.4 is 5.32 Å². The zero-order valence-corrected chi connectivity index (χ0v) is 13.2. The van der Waals surface area contributed by atoms with Gasteiger partial charge in [0, 0.05) is 31.4 Å². The molecule has 114 valence electrons. The number of aromatic nitrogens is 2. The van der Waals surface area contributed by atoms with Crippen LogP contribution in [0.3, 0.4) is 0 Å². The largest absolute Gasteiger partial charge is 0.313 e. The van der Waals surface area contributed by atoms with Crippen molar-refractivity contribution in [2.24, 2.45) is 0 Å². The lowest BCUT2D eigenvalue weighted by Gasteiger charge is -2.17. The fourth-order valence-electron chi connectivity index (χ4n) is 1.98. The Bertz CT molecular complexity index is 666. The summed E-state index contributed by atoms with van der Waals surface area (Å²) in [6.45, 7) is 2.31. The van der Waals surface area contributed by atoms with Gasteiger partial charge in [-0.25, -0.2) is 8.42 Å². The quantitative estimate of drug-likeness (QED) is 0.848. The van der Waals surface area contributed by atoms with Gasteiger partial charge in [0.15, 0.2) is 0 Å². The summed E-state index contributed by atoms with van der Waals surface area (Å²) in [5, 5.41) is 9.61. The summed E-state index contributed by atoms with van der Waals surface area (Å²) in [4.78, 5) is 0.292. The summed E-state index contributed by atoms with van der Waals surface area (Å²) < 4.78 is 26.3. The standard InChI is InChI=1S/C14H20N4O2S/c1-11(15-2)13-4-6-14(7-5-13)21(19,20)18(3)10-12-8-16-17-9-12/h4-9,11,15H,10H2,1-3H3,(H,16,17). The van der Waals surface area contributed by atoms with Crippen molar-refractivity contribution in [2.75, 3.05) is 14.1 Å². The minimum atomic E-state index is -3.49. The second-order valence-electron chi connectivity index (χ2n) is 4.95. The molecule has 1 unspecified atom stereocenters. The van der Waals surface area contributed by atoms with Crippen LogP contribution in [-0.4, -0.2) is 37.0 Å². The number of nitrogens with one attached hydrogen (secondary N) is 2. The molecule has 1 atom stereocenters. The molecule has 1 aromatic heterocycles. The fraction of sp³-hybridized carbons (Fsp3) is 0.357. The van der Waals surface area contributed by atoms with Gasteiger partial charge in [0.2, 0.25) is 10.0 Å². The van der Waals surface area contributed by atoms with Gasteiger partial charge in [-0.2, -0.15) is 9.40 Å². The van der Waals surface area contributed by atoms with Crippen LogP contribution in [0.1, 0.15) is 24.1 Å². The molecule has 0 radical (unpaired) electrons. The number of benzene rings is 1. The van der Waals surface area contributed by atoms with Crippen molar-refractivity contribution in [1.82, 2.24) is 19.8 Å². The van der Waals surface area contributed by atoms with Crippen LogP contribution in [0.2, 0.25) is 0 Å². The van der Waals surface area contributed by atoms with Crippen LogP contribution in [-0.2, 0) is 16.6 Å². The summed E-state index contributed by atoms with van der Waals surface area (Å²) >= 11 is 0. The number of hydrogen-bond donors (Lipinski definition) is 2. The Hall–Kier alpha value is -1.70. The van der Waals surface area contributed by atoms with Crippen LogP contribution in [0.4, 0.5) is 0 Å². The van der Waals surface area contributed by atoms with Crippen LogP contribution in [0.15, 0.2) is 41.6 Å². The summed E-state index contributed by atoms with van der Waals surface area (Å²) in [7, 11) is -0.0620. The van der Waals surface area contributed by atoms with Crippen molar-refractivity contribution < 1.29 is 8.42 Å².